The topological polar surface area (TPSA) is 70.6 Å². The lowest BCUT2D eigenvalue weighted by molar-refractivity contribution is -0.113. The fourth-order valence-corrected chi connectivity index (χ4v) is 3.36. The Morgan fingerprint density at radius 1 is 1.29 bits per heavy atom. The molecule has 2 aromatic rings. The lowest BCUT2D eigenvalue weighted by Crippen LogP contribution is -2.36. The van der Waals surface area contributed by atoms with Gasteiger partial charge in [0.2, 0.25) is 0 Å². The molecule has 124 valence electrons. The van der Waals surface area contributed by atoms with Crippen molar-refractivity contribution in [1.29, 1.82) is 0 Å². The lowest BCUT2D eigenvalue weighted by atomic mass is 10.1. The Hall–Kier alpha value is -1.99. The van der Waals surface area contributed by atoms with Crippen LogP contribution in [0, 0.1) is 0 Å². The quantitative estimate of drug-likeness (QED) is 0.876. The summed E-state index contributed by atoms with van der Waals surface area (Å²) < 4.78 is 6.37. The van der Waals surface area contributed by atoms with Crippen molar-refractivity contribution in [1.82, 2.24) is 14.9 Å². The van der Waals surface area contributed by atoms with Gasteiger partial charge in [0.15, 0.2) is 5.78 Å². The Kier molecular flexibility index (Phi) is 4.20. The number of hydrogen-bond acceptors (Lipinski definition) is 5. The Bertz CT molecular complexity index is 849. The molecule has 0 aliphatic carbocycles. The highest BCUT2D eigenvalue weighted by molar-refractivity contribution is 9.10. The Morgan fingerprint density at radius 3 is 2.96 bits per heavy atom. The van der Waals surface area contributed by atoms with Crippen LogP contribution >= 0.6 is 15.9 Å². The summed E-state index contributed by atoms with van der Waals surface area (Å²) in [6, 6.07) is 5.93. The number of aliphatic imine (C=N–C) groups is 1. The number of rotatable bonds is 3. The molecule has 3 heterocycles. The molecule has 2 aliphatic heterocycles. The third-order valence-corrected chi connectivity index (χ3v) is 4.63. The number of aromatic nitrogens is 2. The van der Waals surface area contributed by atoms with Crippen molar-refractivity contribution in [3.8, 4) is 0 Å². The second-order valence-electron chi connectivity index (χ2n) is 5.94. The van der Waals surface area contributed by atoms with Gasteiger partial charge in [-0.2, -0.15) is 0 Å². The number of fused-ring (bicyclic) bond motifs is 1. The number of allylic oxidation sites excluding steroid dienone is 1. The van der Waals surface area contributed by atoms with Gasteiger partial charge in [0.05, 0.1) is 24.2 Å². The molecule has 0 bridgehead atoms. The number of morpholine rings is 1. The molecule has 0 saturated carbocycles. The summed E-state index contributed by atoms with van der Waals surface area (Å²) in [5, 5.41) is 0. The summed E-state index contributed by atoms with van der Waals surface area (Å²) in [6.07, 6.45) is 2.55. The van der Waals surface area contributed by atoms with E-state index >= 15 is 0 Å². The average Bonchev–Trinajstić information content (AvgIpc) is 2.96. The predicted octanol–water partition coefficient (Wildman–Crippen LogP) is 2.46. The van der Waals surface area contributed by atoms with Crippen molar-refractivity contribution in [2.24, 2.45) is 4.99 Å². The highest BCUT2D eigenvalue weighted by Gasteiger charge is 2.21. The van der Waals surface area contributed by atoms with E-state index in [1.807, 2.05) is 18.2 Å². The van der Waals surface area contributed by atoms with Crippen LogP contribution in [0.1, 0.15) is 12.2 Å². The molecule has 24 heavy (non-hydrogen) atoms. The lowest BCUT2D eigenvalue weighted by Gasteiger charge is -2.30. The van der Waals surface area contributed by atoms with Crippen LogP contribution in [0.25, 0.3) is 11.0 Å². The van der Waals surface area contributed by atoms with E-state index in [1.165, 1.54) is 0 Å². The number of ketones is 1. The van der Waals surface area contributed by atoms with E-state index in [1.54, 1.807) is 6.08 Å². The van der Waals surface area contributed by atoms with Crippen LogP contribution < -0.4 is 0 Å². The van der Waals surface area contributed by atoms with Gasteiger partial charge >= 0.3 is 0 Å². The van der Waals surface area contributed by atoms with Gasteiger partial charge in [-0.05, 0) is 18.2 Å². The number of aromatic amines is 1. The Labute approximate surface area is 147 Å². The first kappa shape index (κ1) is 15.5. The highest BCUT2D eigenvalue weighted by Crippen LogP contribution is 2.20. The van der Waals surface area contributed by atoms with E-state index in [9.17, 15) is 4.79 Å². The molecule has 1 N–H and O–H groups in total. The second kappa shape index (κ2) is 6.49. The molecule has 1 aromatic heterocycles. The van der Waals surface area contributed by atoms with Crippen LogP contribution in [0.15, 0.2) is 39.6 Å². The molecule has 1 saturated heterocycles. The SMILES string of the molecule is O=C1C=C(N2CCOCC2)N=C(Cc2nc3ccc(Br)cc3[nH]2)C1. The molecule has 0 unspecified atom stereocenters. The van der Waals surface area contributed by atoms with Crippen molar-refractivity contribution in [3.05, 3.63) is 40.4 Å². The van der Waals surface area contributed by atoms with Crippen LogP contribution in [-0.2, 0) is 16.0 Å². The number of hydrogen-bond donors (Lipinski definition) is 1. The van der Waals surface area contributed by atoms with Gasteiger partial charge in [-0.3, -0.25) is 4.79 Å². The third-order valence-electron chi connectivity index (χ3n) is 4.14. The summed E-state index contributed by atoms with van der Waals surface area (Å²) in [5.41, 5.74) is 2.74. The molecule has 6 nitrogen and oxygen atoms in total. The summed E-state index contributed by atoms with van der Waals surface area (Å²) in [5.74, 6) is 1.68. The molecule has 0 amide bonds. The number of imidazole rings is 1. The normalized spacial score (nSPS) is 18.7. The number of benzene rings is 1. The monoisotopic (exact) mass is 388 g/mol. The summed E-state index contributed by atoms with van der Waals surface area (Å²) >= 11 is 3.46. The average molecular weight is 389 g/mol. The van der Waals surface area contributed by atoms with Crippen molar-refractivity contribution in [2.45, 2.75) is 12.8 Å². The van der Waals surface area contributed by atoms with Crippen LogP contribution in [0.3, 0.4) is 0 Å². The van der Waals surface area contributed by atoms with Crippen molar-refractivity contribution in [2.75, 3.05) is 26.3 Å². The zero-order chi connectivity index (χ0) is 16.5. The summed E-state index contributed by atoms with van der Waals surface area (Å²) in [7, 11) is 0. The van der Waals surface area contributed by atoms with Crippen LogP contribution in [0.5, 0.6) is 0 Å². The van der Waals surface area contributed by atoms with Gasteiger partial charge in [0.1, 0.15) is 11.6 Å². The number of ether oxygens (including phenoxy) is 1. The summed E-state index contributed by atoms with van der Waals surface area (Å²) in [6.45, 7) is 2.90. The van der Waals surface area contributed by atoms with E-state index in [0.717, 1.165) is 46.0 Å². The second-order valence-corrected chi connectivity index (χ2v) is 6.86. The maximum Gasteiger partial charge on any atom is 0.164 e. The van der Waals surface area contributed by atoms with E-state index in [4.69, 9.17) is 9.73 Å². The molecular weight excluding hydrogens is 372 g/mol. The minimum absolute atomic E-state index is 0.0975. The Morgan fingerprint density at radius 2 is 2.12 bits per heavy atom. The van der Waals surface area contributed by atoms with E-state index in [-0.39, 0.29) is 5.78 Å². The Balaban J connectivity index is 1.56. The molecule has 0 atom stereocenters. The first-order valence-electron chi connectivity index (χ1n) is 7.95. The first-order valence-corrected chi connectivity index (χ1v) is 8.74. The van der Waals surface area contributed by atoms with Crippen LogP contribution in [0.2, 0.25) is 0 Å². The third kappa shape index (κ3) is 3.27. The molecule has 0 radical (unpaired) electrons. The van der Waals surface area contributed by atoms with Crippen LogP contribution in [0.4, 0.5) is 0 Å². The number of H-pyrrole nitrogens is 1. The van der Waals surface area contributed by atoms with Gasteiger partial charge in [-0.25, -0.2) is 9.98 Å². The molecule has 7 heteroatoms. The number of halogens is 1. The zero-order valence-electron chi connectivity index (χ0n) is 13.1. The molecule has 2 aliphatic rings. The standard InChI is InChI=1S/C17H17BrN4O2/c18-11-1-2-14-15(7-11)21-16(20-14)9-12-8-13(23)10-17(19-12)22-3-5-24-6-4-22/h1-2,7,10H,3-6,8-9H2,(H,20,21). The maximum absolute atomic E-state index is 12.1. The predicted molar refractivity (Wildman–Crippen MR) is 95.0 cm³/mol. The fraction of sp³-hybridized carbons (Fsp3) is 0.353. The number of nitrogens with one attached hydrogen (secondary N) is 1. The van der Waals surface area contributed by atoms with E-state index < -0.39 is 0 Å². The minimum atomic E-state index is 0.0975. The van der Waals surface area contributed by atoms with Crippen molar-refractivity contribution >= 4 is 38.5 Å². The minimum Gasteiger partial charge on any atom is -0.378 e. The van der Waals surface area contributed by atoms with Gasteiger partial charge in [0.25, 0.3) is 0 Å². The fourth-order valence-electron chi connectivity index (χ4n) is 3.00. The molecule has 1 fully saturated rings. The van der Waals surface area contributed by atoms with Crippen molar-refractivity contribution in [3.63, 3.8) is 0 Å². The van der Waals surface area contributed by atoms with Crippen molar-refractivity contribution < 1.29 is 9.53 Å². The van der Waals surface area contributed by atoms with E-state index in [2.05, 4.69) is 30.8 Å². The van der Waals surface area contributed by atoms with E-state index in [0.29, 0.717) is 26.1 Å². The smallest absolute Gasteiger partial charge is 0.164 e. The molecule has 1 aromatic carbocycles. The maximum atomic E-state index is 12.1. The first-order chi connectivity index (χ1) is 11.7. The van der Waals surface area contributed by atoms with Gasteiger partial charge in [-0.1, -0.05) is 15.9 Å². The zero-order valence-corrected chi connectivity index (χ0v) is 14.7. The highest BCUT2D eigenvalue weighted by atomic mass is 79.9. The number of carbonyl (C=O) groups is 1. The van der Waals surface area contributed by atoms with Gasteiger partial charge in [-0.15, -0.1) is 0 Å². The summed E-state index contributed by atoms with van der Waals surface area (Å²) in [4.78, 5) is 26.8. The molecule has 0 spiro atoms. The molecular formula is C17H17BrN4O2. The van der Waals surface area contributed by atoms with Gasteiger partial charge < -0.3 is 14.6 Å². The van der Waals surface area contributed by atoms with Gasteiger partial charge in [0, 0.05) is 42.2 Å². The number of nitrogens with zero attached hydrogens (tertiary/aromatic N) is 3. The number of carbonyl (C=O) groups excluding carboxylic acids is 1. The largest absolute Gasteiger partial charge is 0.378 e. The van der Waals surface area contributed by atoms with Crippen LogP contribution in [-0.4, -0.2) is 52.7 Å². The molecule has 4 rings (SSSR count).